The van der Waals surface area contributed by atoms with Crippen molar-refractivity contribution in [3.05, 3.63) is 0 Å². The van der Waals surface area contributed by atoms with Gasteiger partial charge in [0.1, 0.15) is 5.78 Å². The van der Waals surface area contributed by atoms with Crippen LogP contribution in [0.4, 0.5) is 0 Å². The zero-order valence-electron chi connectivity index (χ0n) is 11.9. The molecule has 104 valence electrons. The van der Waals surface area contributed by atoms with Gasteiger partial charge in [-0.25, -0.2) is 0 Å². The summed E-state index contributed by atoms with van der Waals surface area (Å²) < 4.78 is 0. The number of fused-ring (bicyclic) bond motifs is 1. The molecule has 18 heavy (non-hydrogen) atoms. The zero-order chi connectivity index (χ0) is 13.7. The summed E-state index contributed by atoms with van der Waals surface area (Å²) in [5.41, 5.74) is -1.52. The Hall–Kier alpha value is -0.410. The Morgan fingerprint density at radius 1 is 1.22 bits per heavy atom. The van der Waals surface area contributed by atoms with Crippen molar-refractivity contribution in [1.29, 1.82) is 0 Å². The standard InChI is InChI=1S/C15H26O3/c1-9(2)15(18)8-7-14(4,17)12-6-5-11(10(3)16)13(12)15/h9,11-13,17-18H,5-8H2,1-4H3/t11-,12-,13-,14-,15-/m0/s1. The van der Waals surface area contributed by atoms with E-state index in [0.29, 0.717) is 12.8 Å². The average Bonchev–Trinajstić information content (AvgIpc) is 2.70. The van der Waals surface area contributed by atoms with Gasteiger partial charge < -0.3 is 10.2 Å². The lowest BCUT2D eigenvalue weighted by Crippen LogP contribution is -2.57. The predicted octanol–water partition coefficient (Wildman–Crippen LogP) is 2.15. The van der Waals surface area contributed by atoms with Gasteiger partial charge >= 0.3 is 0 Å². The van der Waals surface area contributed by atoms with Gasteiger partial charge in [-0.05, 0) is 51.4 Å². The summed E-state index contributed by atoms with van der Waals surface area (Å²) in [6.45, 7) is 7.53. The molecule has 0 aromatic carbocycles. The van der Waals surface area contributed by atoms with Gasteiger partial charge in [-0.15, -0.1) is 0 Å². The number of carbonyl (C=O) groups is 1. The monoisotopic (exact) mass is 254 g/mol. The predicted molar refractivity (Wildman–Crippen MR) is 70.0 cm³/mol. The minimum absolute atomic E-state index is 0.0625. The lowest BCUT2D eigenvalue weighted by molar-refractivity contribution is -0.176. The number of rotatable bonds is 2. The van der Waals surface area contributed by atoms with E-state index in [1.54, 1.807) is 6.92 Å². The third kappa shape index (κ3) is 1.92. The van der Waals surface area contributed by atoms with Crippen LogP contribution in [-0.4, -0.2) is 27.2 Å². The van der Waals surface area contributed by atoms with Crippen LogP contribution in [-0.2, 0) is 4.79 Å². The molecular weight excluding hydrogens is 228 g/mol. The molecule has 2 aliphatic carbocycles. The molecule has 0 amide bonds. The van der Waals surface area contributed by atoms with Crippen molar-refractivity contribution < 1.29 is 15.0 Å². The van der Waals surface area contributed by atoms with Gasteiger partial charge in [0, 0.05) is 11.8 Å². The molecule has 2 rings (SSSR count). The van der Waals surface area contributed by atoms with Crippen LogP contribution >= 0.6 is 0 Å². The lowest BCUT2D eigenvalue weighted by atomic mass is 9.58. The van der Waals surface area contributed by atoms with E-state index in [-0.39, 0.29) is 29.5 Å². The Morgan fingerprint density at radius 2 is 1.83 bits per heavy atom. The first-order valence-corrected chi connectivity index (χ1v) is 7.15. The summed E-state index contributed by atoms with van der Waals surface area (Å²) in [6.07, 6.45) is 2.91. The SMILES string of the molecule is CC(=O)[C@@H]1CC[C@H]2[C@H]1[C@@](O)(C(C)C)CC[C@]2(C)O. The van der Waals surface area contributed by atoms with E-state index in [4.69, 9.17) is 0 Å². The fourth-order valence-corrected chi connectivity index (χ4v) is 4.33. The van der Waals surface area contributed by atoms with Gasteiger partial charge in [-0.3, -0.25) is 4.79 Å². The average molecular weight is 254 g/mol. The largest absolute Gasteiger partial charge is 0.390 e. The highest BCUT2D eigenvalue weighted by Crippen LogP contribution is 2.56. The van der Waals surface area contributed by atoms with E-state index >= 15 is 0 Å². The maximum absolute atomic E-state index is 11.8. The van der Waals surface area contributed by atoms with Crippen LogP contribution in [0.25, 0.3) is 0 Å². The number of aliphatic hydroxyl groups is 2. The molecule has 0 spiro atoms. The maximum atomic E-state index is 11.8. The minimum atomic E-state index is -0.792. The van der Waals surface area contributed by atoms with Gasteiger partial charge in [0.2, 0.25) is 0 Å². The Kier molecular flexibility index (Phi) is 3.35. The number of hydrogen-bond donors (Lipinski definition) is 2. The summed E-state index contributed by atoms with van der Waals surface area (Å²) >= 11 is 0. The van der Waals surface area contributed by atoms with Crippen LogP contribution < -0.4 is 0 Å². The van der Waals surface area contributed by atoms with E-state index in [9.17, 15) is 15.0 Å². The van der Waals surface area contributed by atoms with Gasteiger partial charge in [0.05, 0.1) is 11.2 Å². The zero-order valence-corrected chi connectivity index (χ0v) is 11.9. The highest BCUT2D eigenvalue weighted by atomic mass is 16.3. The summed E-state index contributed by atoms with van der Waals surface area (Å²) in [5, 5.41) is 21.5. The minimum Gasteiger partial charge on any atom is -0.390 e. The van der Waals surface area contributed by atoms with Gasteiger partial charge in [-0.2, -0.15) is 0 Å². The highest BCUT2D eigenvalue weighted by molar-refractivity contribution is 5.79. The Morgan fingerprint density at radius 3 is 2.33 bits per heavy atom. The fraction of sp³-hybridized carbons (Fsp3) is 0.933. The number of ketones is 1. The summed E-state index contributed by atoms with van der Waals surface area (Å²) in [7, 11) is 0. The second-order valence-corrected chi connectivity index (χ2v) is 6.93. The highest BCUT2D eigenvalue weighted by Gasteiger charge is 2.59. The molecular formula is C15H26O3. The summed E-state index contributed by atoms with van der Waals surface area (Å²) in [6, 6.07) is 0. The van der Waals surface area contributed by atoms with Crippen LogP contribution in [0.3, 0.4) is 0 Å². The molecule has 0 aliphatic heterocycles. The van der Waals surface area contributed by atoms with Crippen molar-refractivity contribution in [1.82, 2.24) is 0 Å². The molecule has 3 nitrogen and oxygen atoms in total. The van der Waals surface area contributed by atoms with Crippen molar-refractivity contribution in [3.63, 3.8) is 0 Å². The summed E-state index contributed by atoms with van der Waals surface area (Å²) in [4.78, 5) is 11.8. The first-order chi connectivity index (χ1) is 8.20. The Bertz CT molecular complexity index is 348. The van der Waals surface area contributed by atoms with Crippen LogP contribution in [0.1, 0.15) is 53.4 Å². The van der Waals surface area contributed by atoms with E-state index in [1.807, 2.05) is 20.8 Å². The number of Topliss-reactive ketones (excluding diaryl/α,β-unsaturated/α-hetero) is 1. The molecule has 2 saturated carbocycles. The third-order valence-corrected chi connectivity index (χ3v) is 5.59. The summed E-state index contributed by atoms with van der Waals surface area (Å²) in [5.74, 6) is 0.209. The molecule has 5 atom stereocenters. The van der Waals surface area contributed by atoms with Crippen LogP contribution in [0.2, 0.25) is 0 Å². The van der Waals surface area contributed by atoms with E-state index in [0.717, 1.165) is 12.8 Å². The second-order valence-electron chi connectivity index (χ2n) is 6.93. The van der Waals surface area contributed by atoms with Crippen LogP contribution in [0.5, 0.6) is 0 Å². The molecule has 0 aromatic heterocycles. The van der Waals surface area contributed by atoms with Gasteiger partial charge in [0.25, 0.3) is 0 Å². The van der Waals surface area contributed by atoms with Crippen molar-refractivity contribution >= 4 is 5.78 Å². The van der Waals surface area contributed by atoms with Crippen molar-refractivity contribution in [3.8, 4) is 0 Å². The number of hydrogen-bond acceptors (Lipinski definition) is 3. The molecule has 0 saturated heterocycles. The van der Waals surface area contributed by atoms with Crippen molar-refractivity contribution in [2.45, 2.75) is 64.6 Å². The first-order valence-electron chi connectivity index (χ1n) is 7.15. The molecule has 2 fully saturated rings. The molecule has 2 N–H and O–H groups in total. The van der Waals surface area contributed by atoms with Crippen LogP contribution in [0.15, 0.2) is 0 Å². The van der Waals surface area contributed by atoms with Gasteiger partial charge in [-0.1, -0.05) is 13.8 Å². The molecule has 0 aromatic rings. The molecule has 0 bridgehead atoms. The second kappa shape index (κ2) is 4.31. The van der Waals surface area contributed by atoms with Crippen molar-refractivity contribution in [2.75, 3.05) is 0 Å². The number of carbonyl (C=O) groups excluding carboxylic acids is 1. The molecule has 2 aliphatic rings. The first kappa shape index (κ1) is 14.0. The molecule has 0 heterocycles. The van der Waals surface area contributed by atoms with Crippen LogP contribution in [0, 0.1) is 23.7 Å². The molecule has 0 unspecified atom stereocenters. The van der Waals surface area contributed by atoms with E-state index in [1.165, 1.54) is 0 Å². The topological polar surface area (TPSA) is 57.5 Å². The molecule has 0 radical (unpaired) electrons. The molecule has 3 heteroatoms. The third-order valence-electron chi connectivity index (χ3n) is 5.59. The lowest BCUT2D eigenvalue weighted by Gasteiger charge is -2.52. The van der Waals surface area contributed by atoms with Crippen molar-refractivity contribution in [2.24, 2.45) is 23.7 Å². The Labute approximate surface area is 110 Å². The maximum Gasteiger partial charge on any atom is 0.133 e. The van der Waals surface area contributed by atoms with E-state index < -0.39 is 11.2 Å². The Balaban J connectivity index is 2.40. The van der Waals surface area contributed by atoms with E-state index in [2.05, 4.69) is 0 Å². The quantitative estimate of drug-likeness (QED) is 0.794. The fourth-order valence-electron chi connectivity index (χ4n) is 4.33. The van der Waals surface area contributed by atoms with Gasteiger partial charge in [0.15, 0.2) is 0 Å². The normalized spacial score (nSPS) is 48.3. The smallest absolute Gasteiger partial charge is 0.133 e.